The molecule has 0 bridgehead atoms. The molecule has 2 unspecified atom stereocenters. The topological polar surface area (TPSA) is 58.4 Å². The van der Waals surface area contributed by atoms with E-state index in [1.807, 2.05) is 47.4 Å². The number of piperazine rings is 1. The van der Waals surface area contributed by atoms with Crippen LogP contribution in [0.3, 0.4) is 0 Å². The fourth-order valence-corrected chi connectivity index (χ4v) is 4.95. The van der Waals surface area contributed by atoms with Crippen molar-refractivity contribution in [3.8, 4) is 0 Å². The number of hydrogen-bond donors (Lipinski definition) is 2. The van der Waals surface area contributed by atoms with Gasteiger partial charge in [0.05, 0.1) is 6.04 Å². The monoisotopic (exact) mass is 481 g/mol. The summed E-state index contributed by atoms with van der Waals surface area (Å²) in [7, 11) is 0. The van der Waals surface area contributed by atoms with Crippen LogP contribution in [0.2, 0.25) is 10.0 Å². The first-order chi connectivity index (χ1) is 16.0. The second-order valence-electron chi connectivity index (χ2n) is 8.68. The maximum atomic E-state index is 13.6. The molecule has 4 nitrogen and oxygen atoms in total. The minimum absolute atomic E-state index is 0.0403. The van der Waals surface area contributed by atoms with Crippen molar-refractivity contribution in [3.05, 3.63) is 106 Å². The minimum Gasteiger partial charge on any atom is -0.335 e. The Balaban J connectivity index is 1.50. The number of hydrogen-bond acceptors (Lipinski definition) is 3. The highest BCUT2D eigenvalue weighted by molar-refractivity contribution is 6.35. The van der Waals surface area contributed by atoms with Gasteiger partial charge in [0.25, 0.3) is 0 Å². The maximum Gasteiger partial charge on any atom is 0.240 e. The molecule has 1 amide bonds. The largest absolute Gasteiger partial charge is 0.335 e. The van der Waals surface area contributed by atoms with Crippen LogP contribution in [0.15, 0.2) is 78.9 Å². The van der Waals surface area contributed by atoms with E-state index in [0.29, 0.717) is 23.0 Å². The number of benzene rings is 3. The van der Waals surface area contributed by atoms with Crippen LogP contribution in [0.25, 0.3) is 0 Å². The lowest BCUT2D eigenvalue weighted by Crippen LogP contribution is -2.62. The van der Waals surface area contributed by atoms with Crippen LogP contribution in [-0.2, 0) is 24.1 Å². The van der Waals surface area contributed by atoms with Crippen molar-refractivity contribution in [3.63, 3.8) is 0 Å². The summed E-state index contributed by atoms with van der Waals surface area (Å²) in [6, 6.07) is 25.5. The first-order valence-corrected chi connectivity index (χ1v) is 12.1. The lowest BCUT2D eigenvalue weighted by atomic mass is 9.96. The van der Waals surface area contributed by atoms with Gasteiger partial charge in [0, 0.05) is 35.2 Å². The Bertz CT molecular complexity index is 1060. The average molecular weight is 482 g/mol. The van der Waals surface area contributed by atoms with Crippen LogP contribution in [0.1, 0.15) is 16.7 Å². The van der Waals surface area contributed by atoms with Gasteiger partial charge >= 0.3 is 0 Å². The Morgan fingerprint density at radius 2 is 1.61 bits per heavy atom. The molecule has 1 heterocycles. The van der Waals surface area contributed by atoms with Crippen LogP contribution < -0.4 is 11.1 Å². The predicted molar refractivity (Wildman–Crippen MR) is 136 cm³/mol. The van der Waals surface area contributed by atoms with Crippen molar-refractivity contribution in [2.75, 3.05) is 13.1 Å². The van der Waals surface area contributed by atoms with E-state index in [1.54, 1.807) is 12.1 Å². The molecule has 0 aliphatic carbocycles. The fraction of sp³-hybridized carbons (Fsp3) is 0.296. The highest BCUT2D eigenvalue weighted by atomic mass is 35.5. The summed E-state index contributed by atoms with van der Waals surface area (Å²) in [5, 5.41) is 4.76. The van der Waals surface area contributed by atoms with Gasteiger partial charge in [0.15, 0.2) is 0 Å². The quantitative estimate of drug-likeness (QED) is 0.521. The van der Waals surface area contributed by atoms with Crippen molar-refractivity contribution >= 4 is 29.1 Å². The van der Waals surface area contributed by atoms with Crippen molar-refractivity contribution in [2.24, 2.45) is 5.73 Å². The third kappa shape index (κ3) is 6.36. The summed E-state index contributed by atoms with van der Waals surface area (Å²) < 4.78 is 0. The molecule has 172 valence electrons. The molecule has 0 saturated carbocycles. The third-order valence-corrected chi connectivity index (χ3v) is 6.78. The van der Waals surface area contributed by atoms with E-state index >= 15 is 0 Å². The Kier molecular flexibility index (Phi) is 8.05. The second kappa shape index (κ2) is 11.2. The smallest absolute Gasteiger partial charge is 0.240 e. The molecule has 3 aromatic rings. The highest BCUT2D eigenvalue weighted by Crippen LogP contribution is 2.23. The molecule has 3 N–H and O–H groups in total. The summed E-state index contributed by atoms with van der Waals surface area (Å²) >= 11 is 12.4. The molecule has 0 radical (unpaired) electrons. The third-order valence-electron chi connectivity index (χ3n) is 6.19. The van der Waals surface area contributed by atoms with Crippen LogP contribution in [-0.4, -0.2) is 42.0 Å². The van der Waals surface area contributed by atoms with E-state index < -0.39 is 6.04 Å². The van der Waals surface area contributed by atoms with Crippen LogP contribution in [0.4, 0.5) is 0 Å². The number of amides is 1. The molecule has 0 spiro atoms. The summed E-state index contributed by atoms with van der Waals surface area (Å²) in [5.74, 6) is -0.0403. The molecular weight excluding hydrogens is 453 g/mol. The Hall–Kier alpha value is -2.37. The van der Waals surface area contributed by atoms with Gasteiger partial charge in [0.2, 0.25) is 5.91 Å². The Labute approximate surface area is 205 Å². The number of nitrogens with one attached hydrogen (secondary N) is 1. The molecule has 1 aliphatic rings. The lowest BCUT2D eigenvalue weighted by Gasteiger charge is -2.42. The second-order valence-corrected chi connectivity index (χ2v) is 9.52. The van der Waals surface area contributed by atoms with Gasteiger partial charge in [-0.05, 0) is 48.1 Å². The molecule has 1 saturated heterocycles. The fourth-order valence-electron chi connectivity index (χ4n) is 4.46. The average Bonchev–Trinajstić information content (AvgIpc) is 2.82. The van der Waals surface area contributed by atoms with Gasteiger partial charge in [-0.3, -0.25) is 4.79 Å². The van der Waals surface area contributed by atoms with Crippen LogP contribution in [0.5, 0.6) is 0 Å². The minimum atomic E-state index is -0.669. The number of rotatable bonds is 7. The molecule has 4 rings (SSSR count). The summed E-state index contributed by atoms with van der Waals surface area (Å²) in [5.41, 5.74) is 9.73. The van der Waals surface area contributed by atoms with Crippen molar-refractivity contribution < 1.29 is 4.79 Å². The number of carbonyl (C=O) groups excluding carboxylic acids is 1. The SMILES string of the molecule is NC(Cc1ccc(Cl)cc1Cl)C(=O)N1C[C@H](Cc2ccccc2)NCC1Cc1ccccc1. The van der Waals surface area contributed by atoms with Gasteiger partial charge in [0.1, 0.15) is 0 Å². The van der Waals surface area contributed by atoms with Gasteiger partial charge in [-0.25, -0.2) is 0 Å². The van der Waals surface area contributed by atoms with Gasteiger partial charge in [-0.15, -0.1) is 0 Å². The number of nitrogens with two attached hydrogens (primary N) is 1. The van der Waals surface area contributed by atoms with E-state index in [2.05, 4.69) is 29.6 Å². The Morgan fingerprint density at radius 3 is 2.24 bits per heavy atom. The molecule has 1 fully saturated rings. The zero-order chi connectivity index (χ0) is 23.2. The number of carbonyl (C=O) groups is 1. The zero-order valence-corrected chi connectivity index (χ0v) is 20.0. The van der Waals surface area contributed by atoms with E-state index in [-0.39, 0.29) is 18.0 Å². The van der Waals surface area contributed by atoms with Crippen molar-refractivity contribution in [1.29, 1.82) is 0 Å². The molecule has 0 aromatic heterocycles. The standard InChI is InChI=1S/C27H29Cl2N3O/c28-22-12-11-21(25(29)16-22)15-26(30)27(33)32-18-23(13-19-7-3-1-4-8-19)31-17-24(32)14-20-9-5-2-6-10-20/h1-12,16,23-24,26,31H,13-15,17-18,30H2/t23-,24?,26?/m0/s1. The van der Waals surface area contributed by atoms with E-state index in [1.165, 1.54) is 11.1 Å². The molecule has 3 atom stereocenters. The van der Waals surface area contributed by atoms with Gasteiger partial charge in [-0.1, -0.05) is 89.9 Å². The van der Waals surface area contributed by atoms with Gasteiger partial charge < -0.3 is 16.0 Å². The van der Waals surface area contributed by atoms with Crippen LogP contribution in [0, 0.1) is 0 Å². The van der Waals surface area contributed by atoms with Crippen molar-refractivity contribution in [1.82, 2.24) is 10.2 Å². The first kappa shape index (κ1) is 23.8. The summed E-state index contributed by atoms with van der Waals surface area (Å²) in [6.07, 6.45) is 2.02. The molecule has 33 heavy (non-hydrogen) atoms. The molecule has 6 heteroatoms. The van der Waals surface area contributed by atoms with E-state index in [0.717, 1.165) is 24.9 Å². The molecule has 1 aliphatic heterocycles. The molecule has 3 aromatic carbocycles. The zero-order valence-electron chi connectivity index (χ0n) is 18.5. The number of halogens is 2. The van der Waals surface area contributed by atoms with Gasteiger partial charge in [-0.2, -0.15) is 0 Å². The summed E-state index contributed by atoms with van der Waals surface area (Å²) in [6.45, 7) is 1.35. The maximum absolute atomic E-state index is 13.6. The first-order valence-electron chi connectivity index (χ1n) is 11.3. The number of nitrogens with zero attached hydrogens (tertiary/aromatic N) is 1. The highest BCUT2D eigenvalue weighted by Gasteiger charge is 2.34. The van der Waals surface area contributed by atoms with Crippen LogP contribution >= 0.6 is 23.2 Å². The van der Waals surface area contributed by atoms with E-state index in [4.69, 9.17) is 28.9 Å². The Morgan fingerprint density at radius 1 is 0.970 bits per heavy atom. The van der Waals surface area contributed by atoms with E-state index in [9.17, 15) is 4.79 Å². The van der Waals surface area contributed by atoms with Crippen molar-refractivity contribution in [2.45, 2.75) is 37.4 Å². The normalized spacial score (nSPS) is 19.3. The lowest BCUT2D eigenvalue weighted by molar-refractivity contribution is -0.136. The predicted octanol–water partition coefficient (Wildman–Crippen LogP) is 4.52. The summed E-state index contributed by atoms with van der Waals surface area (Å²) in [4.78, 5) is 15.6. The molecular formula is C27H29Cl2N3O.